The maximum Gasteiger partial charge on any atom is 0.126 e. The maximum absolute atomic E-state index is 8.98. The number of nitriles is 1. The summed E-state index contributed by atoms with van der Waals surface area (Å²) in [5.41, 5.74) is 4.44. The second-order valence-corrected chi connectivity index (χ2v) is 7.13. The highest BCUT2D eigenvalue weighted by atomic mass is 16.5. The van der Waals surface area contributed by atoms with Gasteiger partial charge in [0.05, 0.1) is 18.2 Å². The summed E-state index contributed by atoms with van der Waals surface area (Å²) in [6, 6.07) is 28.9. The number of benzene rings is 3. The van der Waals surface area contributed by atoms with E-state index >= 15 is 0 Å². The van der Waals surface area contributed by atoms with E-state index in [0.717, 1.165) is 30.6 Å². The predicted octanol–water partition coefficient (Wildman–Crippen LogP) is 6.46. The molecule has 146 valence electrons. The van der Waals surface area contributed by atoms with Crippen LogP contribution in [0.5, 0.6) is 5.75 Å². The van der Waals surface area contributed by atoms with E-state index in [4.69, 9.17) is 10.00 Å². The fourth-order valence-corrected chi connectivity index (χ4v) is 3.43. The molecule has 0 saturated carbocycles. The zero-order valence-corrected chi connectivity index (χ0v) is 16.9. The fourth-order valence-electron chi connectivity index (χ4n) is 3.43. The molecule has 0 saturated heterocycles. The topological polar surface area (TPSA) is 33.0 Å². The standard InChI is InChI=1S/C27H27NO/c1-2-29-27-11-7-6-10-26(27)19-18-24(20-23-8-4-3-5-9-23)15-12-22-13-16-25(21-28)17-14-22/h3-11,13-14,16-19,24H,2,12,15,20H2,1H3/b19-18+. The molecule has 3 rings (SSSR count). The zero-order valence-electron chi connectivity index (χ0n) is 16.9. The lowest BCUT2D eigenvalue weighted by atomic mass is 9.91. The second-order valence-electron chi connectivity index (χ2n) is 7.13. The summed E-state index contributed by atoms with van der Waals surface area (Å²) >= 11 is 0. The smallest absolute Gasteiger partial charge is 0.126 e. The van der Waals surface area contributed by atoms with Gasteiger partial charge in [0, 0.05) is 5.56 Å². The molecule has 3 aromatic carbocycles. The lowest BCUT2D eigenvalue weighted by molar-refractivity contribution is 0.339. The fraction of sp³-hybridized carbons (Fsp3) is 0.222. The van der Waals surface area contributed by atoms with E-state index in [0.29, 0.717) is 18.1 Å². The van der Waals surface area contributed by atoms with Crippen LogP contribution < -0.4 is 4.74 Å². The molecule has 0 bridgehead atoms. The monoisotopic (exact) mass is 381 g/mol. The molecule has 1 unspecified atom stereocenters. The van der Waals surface area contributed by atoms with Gasteiger partial charge in [-0.2, -0.15) is 5.26 Å². The summed E-state index contributed by atoms with van der Waals surface area (Å²) < 4.78 is 5.76. The first kappa shape index (κ1) is 20.4. The molecule has 0 N–H and O–H groups in total. The molecule has 0 aliphatic heterocycles. The lowest BCUT2D eigenvalue weighted by Crippen LogP contribution is -2.04. The van der Waals surface area contributed by atoms with Crippen molar-refractivity contribution in [2.24, 2.45) is 5.92 Å². The summed E-state index contributed by atoms with van der Waals surface area (Å²) in [6.07, 6.45) is 7.55. The van der Waals surface area contributed by atoms with Crippen LogP contribution in [0, 0.1) is 17.2 Å². The van der Waals surface area contributed by atoms with Crippen molar-refractivity contribution in [3.05, 3.63) is 107 Å². The molecule has 2 nitrogen and oxygen atoms in total. The minimum atomic E-state index is 0.419. The van der Waals surface area contributed by atoms with Crippen molar-refractivity contribution < 1.29 is 4.74 Å². The minimum absolute atomic E-state index is 0.419. The third-order valence-corrected chi connectivity index (χ3v) is 4.99. The van der Waals surface area contributed by atoms with E-state index < -0.39 is 0 Å². The van der Waals surface area contributed by atoms with Gasteiger partial charge >= 0.3 is 0 Å². The summed E-state index contributed by atoms with van der Waals surface area (Å²) in [5.74, 6) is 1.35. The Morgan fingerprint density at radius 2 is 1.62 bits per heavy atom. The van der Waals surface area contributed by atoms with E-state index in [9.17, 15) is 0 Å². The van der Waals surface area contributed by atoms with Crippen LogP contribution in [0.4, 0.5) is 0 Å². The lowest BCUT2D eigenvalue weighted by Gasteiger charge is -2.14. The van der Waals surface area contributed by atoms with Gasteiger partial charge in [0.15, 0.2) is 0 Å². The first-order chi connectivity index (χ1) is 14.3. The number of hydrogen-bond acceptors (Lipinski definition) is 2. The molecular formula is C27H27NO. The van der Waals surface area contributed by atoms with Gasteiger partial charge in [-0.25, -0.2) is 0 Å². The maximum atomic E-state index is 8.98. The molecule has 0 aliphatic carbocycles. The van der Waals surface area contributed by atoms with Gasteiger partial charge in [-0.3, -0.25) is 0 Å². The van der Waals surface area contributed by atoms with Gasteiger partial charge in [0.1, 0.15) is 5.75 Å². The van der Waals surface area contributed by atoms with Gasteiger partial charge < -0.3 is 4.74 Å². The number of rotatable bonds is 9. The van der Waals surface area contributed by atoms with Crippen molar-refractivity contribution in [1.29, 1.82) is 5.26 Å². The molecule has 0 heterocycles. The van der Waals surface area contributed by atoms with Crippen molar-refractivity contribution in [3.8, 4) is 11.8 Å². The highest BCUT2D eigenvalue weighted by Gasteiger charge is 2.08. The van der Waals surface area contributed by atoms with Gasteiger partial charge in [-0.15, -0.1) is 0 Å². The highest BCUT2D eigenvalue weighted by molar-refractivity contribution is 5.57. The predicted molar refractivity (Wildman–Crippen MR) is 120 cm³/mol. The highest BCUT2D eigenvalue weighted by Crippen LogP contribution is 2.23. The van der Waals surface area contributed by atoms with Crippen LogP contribution >= 0.6 is 0 Å². The summed E-state index contributed by atoms with van der Waals surface area (Å²) in [6.45, 7) is 2.67. The Morgan fingerprint density at radius 3 is 2.34 bits per heavy atom. The van der Waals surface area contributed by atoms with Crippen molar-refractivity contribution in [1.82, 2.24) is 0 Å². The number of hydrogen-bond donors (Lipinski definition) is 0. The molecule has 0 fully saturated rings. The molecule has 0 aliphatic rings. The van der Waals surface area contributed by atoms with Gasteiger partial charge in [-0.1, -0.05) is 72.8 Å². The van der Waals surface area contributed by atoms with Crippen LogP contribution in [0.1, 0.15) is 35.6 Å². The Balaban J connectivity index is 1.74. The molecular weight excluding hydrogens is 354 g/mol. The molecule has 29 heavy (non-hydrogen) atoms. The van der Waals surface area contributed by atoms with E-state index in [1.807, 2.05) is 37.3 Å². The van der Waals surface area contributed by atoms with E-state index in [-0.39, 0.29) is 0 Å². The van der Waals surface area contributed by atoms with Crippen LogP contribution in [-0.2, 0) is 12.8 Å². The number of para-hydroxylation sites is 1. The van der Waals surface area contributed by atoms with Crippen LogP contribution in [0.25, 0.3) is 6.08 Å². The van der Waals surface area contributed by atoms with E-state index in [2.05, 4.69) is 66.8 Å². The molecule has 1 atom stereocenters. The average molecular weight is 382 g/mol. The molecule has 2 heteroatoms. The molecule has 3 aromatic rings. The summed E-state index contributed by atoms with van der Waals surface area (Å²) in [5, 5.41) is 8.98. The third-order valence-electron chi connectivity index (χ3n) is 4.99. The Labute approximate surface area is 174 Å². The minimum Gasteiger partial charge on any atom is -0.493 e. The van der Waals surface area contributed by atoms with Crippen LogP contribution in [0.15, 0.2) is 84.9 Å². The first-order valence-electron chi connectivity index (χ1n) is 10.2. The molecule has 0 amide bonds. The second kappa shape index (κ2) is 10.9. The van der Waals surface area contributed by atoms with Crippen molar-refractivity contribution >= 4 is 6.08 Å². The molecule has 0 aromatic heterocycles. The van der Waals surface area contributed by atoms with E-state index in [1.165, 1.54) is 11.1 Å². The third kappa shape index (κ3) is 6.36. The Hall–Kier alpha value is -3.31. The first-order valence-corrected chi connectivity index (χ1v) is 10.2. The quantitative estimate of drug-likeness (QED) is 0.426. The van der Waals surface area contributed by atoms with Crippen LogP contribution in [-0.4, -0.2) is 6.61 Å². The van der Waals surface area contributed by atoms with Crippen molar-refractivity contribution in [2.45, 2.75) is 26.2 Å². The summed E-state index contributed by atoms with van der Waals surface area (Å²) in [4.78, 5) is 0. The molecule has 0 radical (unpaired) electrons. The van der Waals surface area contributed by atoms with Gasteiger partial charge in [-0.05, 0) is 61.4 Å². The van der Waals surface area contributed by atoms with Gasteiger partial charge in [0.25, 0.3) is 0 Å². The van der Waals surface area contributed by atoms with E-state index in [1.54, 1.807) is 0 Å². The number of allylic oxidation sites excluding steroid dienone is 1. The normalized spacial score (nSPS) is 11.9. The number of aryl methyl sites for hydroxylation is 1. The van der Waals surface area contributed by atoms with Crippen LogP contribution in [0.2, 0.25) is 0 Å². The average Bonchev–Trinajstić information content (AvgIpc) is 2.78. The number of ether oxygens (including phenoxy) is 1. The Bertz CT molecular complexity index is 952. The zero-order chi connectivity index (χ0) is 20.3. The molecule has 0 spiro atoms. The SMILES string of the molecule is CCOc1ccccc1/C=C/C(CCc1ccc(C#N)cc1)Cc1ccccc1. The largest absolute Gasteiger partial charge is 0.493 e. The Morgan fingerprint density at radius 1 is 0.897 bits per heavy atom. The summed E-state index contributed by atoms with van der Waals surface area (Å²) in [7, 11) is 0. The number of nitrogens with zero attached hydrogens (tertiary/aromatic N) is 1. The van der Waals surface area contributed by atoms with Crippen molar-refractivity contribution in [2.75, 3.05) is 6.61 Å². The van der Waals surface area contributed by atoms with Gasteiger partial charge in [0.2, 0.25) is 0 Å². The van der Waals surface area contributed by atoms with Crippen LogP contribution in [0.3, 0.4) is 0 Å². The van der Waals surface area contributed by atoms with Crippen molar-refractivity contribution in [3.63, 3.8) is 0 Å². The Kier molecular flexibility index (Phi) is 7.66.